The summed E-state index contributed by atoms with van der Waals surface area (Å²) in [6.45, 7) is 3.88. The van der Waals surface area contributed by atoms with Crippen LogP contribution in [-0.2, 0) is 13.1 Å². The maximum atomic E-state index is 8.76. The Morgan fingerprint density at radius 3 is 3.00 bits per heavy atom. The Hall–Kier alpha value is -0.870. The number of hydrogen-bond acceptors (Lipinski definition) is 3. The molecule has 1 saturated carbocycles. The standard InChI is InChI=1S/C11H19N3O/c1-11(3-2-4-11)12-7-10-8-13-14(9-10)5-6-15/h8-9,12,15H,2-7H2,1H3. The first kappa shape index (κ1) is 10.6. The Balaban J connectivity index is 1.82. The predicted octanol–water partition coefficient (Wildman–Crippen LogP) is 0.908. The fourth-order valence-corrected chi connectivity index (χ4v) is 1.92. The van der Waals surface area contributed by atoms with Crippen LogP contribution >= 0.6 is 0 Å². The van der Waals surface area contributed by atoms with Gasteiger partial charge in [0.05, 0.1) is 19.3 Å². The van der Waals surface area contributed by atoms with E-state index in [9.17, 15) is 0 Å². The van der Waals surface area contributed by atoms with E-state index in [1.807, 2.05) is 12.4 Å². The normalized spacial score (nSPS) is 18.8. The average molecular weight is 209 g/mol. The van der Waals surface area contributed by atoms with Crippen LogP contribution in [0.2, 0.25) is 0 Å². The highest BCUT2D eigenvalue weighted by Crippen LogP contribution is 2.31. The molecular weight excluding hydrogens is 190 g/mol. The number of aliphatic hydroxyl groups is 1. The van der Waals surface area contributed by atoms with E-state index in [0.717, 1.165) is 6.54 Å². The molecule has 1 aromatic heterocycles. The average Bonchev–Trinajstić information content (AvgIpc) is 2.60. The van der Waals surface area contributed by atoms with Gasteiger partial charge in [0.15, 0.2) is 0 Å². The van der Waals surface area contributed by atoms with Gasteiger partial charge in [-0.15, -0.1) is 0 Å². The molecule has 0 aliphatic heterocycles. The van der Waals surface area contributed by atoms with Gasteiger partial charge in [-0.05, 0) is 26.2 Å². The molecule has 2 N–H and O–H groups in total. The van der Waals surface area contributed by atoms with Gasteiger partial charge < -0.3 is 10.4 Å². The topological polar surface area (TPSA) is 50.1 Å². The summed E-state index contributed by atoms with van der Waals surface area (Å²) < 4.78 is 1.78. The van der Waals surface area contributed by atoms with Crippen LogP contribution in [0.1, 0.15) is 31.7 Å². The van der Waals surface area contributed by atoms with Crippen molar-refractivity contribution in [1.82, 2.24) is 15.1 Å². The van der Waals surface area contributed by atoms with Crippen LogP contribution in [-0.4, -0.2) is 27.0 Å². The molecule has 0 aromatic carbocycles. The SMILES string of the molecule is CC1(NCc2cnn(CCO)c2)CCC1. The summed E-state index contributed by atoms with van der Waals surface area (Å²) >= 11 is 0. The fourth-order valence-electron chi connectivity index (χ4n) is 1.92. The minimum Gasteiger partial charge on any atom is -0.394 e. The number of aromatic nitrogens is 2. The van der Waals surface area contributed by atoms with Crippen LogP contribution in [0.3, 0.4) is 0 Å². The highest BCUT2D eigenvalue weighted by Gasteiger charge is 2.30. The zero-order valence-electron chi connectivity index (χ0n) is 9.24. The molecule has 4 nitrogen and oxygen atoms in total. The summed E-state index contributed by atoms with van der Waals surface area (Å²) in [5.74, 6) is 0. The monoisotopic (exact) mass is 209 g/mol. The molecule has 2 rings (SSSR count). The van der Waals surface area contributed by atoms with Gasteiger partial charge in [0.25, 0.3) is 0 Å². The maximum Gasteiger partial charge on any atom is 0.0640 e. The molecule has 1 heterocycles. The number of rotatable bonds is 5. The first-order valence-electron chi connectivity index (χ1n) is 5.59. The highest BCUT2D eigenvalue weighted by molar-refractivity contribution is 5.05. The van der Waals surface area contributed by atoms with E-state index in [4.69, 9.17) is 5.11 Å². The number of hydrogen-bond donors (Lipinski definition) is 2. The fraction of sp³-hybridized carbons (Fsp3) is 0.727. The maximum absolute atomic E-state index is 8.76. The molecule has 0 saturated heterocycles. The van der Waals surface area contributed by atoms with Crippen LogP contribution in [0.5, 0.6) is 0 Å². The third-order valence-electron chi connectivity index (χ3n) is 3.19. The summed E-state index contributed by atoms with van der Waals surface area (Å²) in [5.41, 5.74) is 1.54. The van der Waals surface area contributed by atoms with Crippen molar-refractivity contribution in [2.75, 3.05) is 6.61 Å². The van der Waals surface area contributed by atoms with Crippen molar-refractivity contribution in [1.29, 1.82) is 0 Å². The third-order valence-corrected chi connectivity index (χ3v) is 3.19. The quantitative estimate of drug-likeness (QED) is 0.757. The Labute approximate surface area is 90.3 Å². The van der Waals surface area contributed by atoms with Gasteiger partial charge in [-0.3, -0.25) is 4.68 Å². The van der Waals surface area contributed by atoms with Crippen molar-refractivity contribution in [3.63, 3.8) is 0 Å². The lowest BCUT2D eigenvalue weighted by Gasteiger charge is -2.39. The van der Waals surface area contributed by atoms with E-state index < -0.39 is 0 Å². The number of nitrogens with one attached hydrogen (secondary N) is 1. The van der Waals surface area contributed by atoms with Crippen molar-refractivity contribution < 1.29 is 5.11 Å². The summed E-state index contributed by atoms with van der Waals surface area (Å²) in [5, 5.41) is 16.5. The molecular formula is C11H19N3O. The first-order chi connectivity index (χ1) is 7.22. The molecule has 0 bridgehead atoms. The molecule has 84 valence electrons. The molecule has 1 aliphatic carbocycles. The number of nitrogens with zero attached hydrogens (tertiary/aromatic N) is 2. The van der Waals surface area contributed by atoms with Crippen molar-refractivity contribution in [3.05, 3.63) is 18.0 Å². The summed E-state index contributed by atoms with van der Waals surface area (Å²) in [6, 6.07) is 0. The molecule has 0 spiro atoms. The van der Waals surface area contributed by atoms with Crippen LogP contribution in [0.15, 0.2) is 12.4 Å². The Morgan fingerprint density at radius 2 is 2.40 bits per heavy atom. The molecule has 4 heteroatoms. The van der Waals surface area contributed by atoms with Gasteiger partial charge in [0, 0.05) is 23.8 Å². The van der Waals surface area contributed by atoms with Gasteiger partial charge in [-0.25, -0.2) is 0 Å². The van der Waals surface area contributed by atoms with Gasteiger partial charge >= 0.3 is 0 Å². The van der Waals surface area contributed by atoms with Crippen LogP contribution in [0.4, 0.5) is 0 Å². The summed E-state index contributed by atoms with van der Waals surface area (Å²) in [4.78, 5) is 0. The van der Waals surface area contributed by atoms with Crippen molar-refractivity contribution in [2.45, 2.75) is 44.8 Å². The van der Waals surface area contributed by atoms with Gasteiger partial charge in [0.2, 0.25) is 0 Å². The molecule has 1 fully saturated rings. The summed E-state index contributed by atoms with van der Waals surface area (Å²) in [6.07, 6.45) is 7.75. The van der Waals surface area contributed by atoms with E-state index in [1.54, 1.807) is 4.68 Å². The third kappa shape index (κ3) is 2.58. The van der Waals surface area contributed by atoms with Gasteiger partial charge in [-0.1, -0.05) is 0 Å². The van der Waals surface area contributed by atoms with E-state index in [1.165, 1.54) is 24.8 Å². The minimum atomic E-state index is 0.145. The Morgan fingerprint density at radius 1 is 1.60 bits per heavy atom. The second-order valence-corrected chi connectivity index (χ2v) is 4.60. The molecule has 0 amide bonds. The molecule has 15 heavy (non-hydrogen) atoms. The molecule has 1 aliphatic rings. The van der Waals surface area contributed by atoms with E-state index >= 15 is 0 Å². The summed E-state index contributed by atoms with van der Waals surface area (Å²) in [7, 11) is 0. The van der Waals surface area contributed by atoms with E-state index in [-0.39, 0.29) is 6.61 Å². The van der Waals surface area contributed by atoms with Crippen molar-refractivity contribution >= 4 is 0 Å². The van der Waals surface area contributed by atoms with E-state index in [2.05, 4.69) is 17.3 Å². The lowest BCUT2D eigenvalue weighted by Crippen LogP contribution is -2.47. The molecule has 0 radical (unpaired) electrons. The predicted molar refractivity (Wildman–Crippen MR) is 58.4 cm³/mol. The second kappa shape index (κ2) is 4.33. The zero-order valence-corrected chi connectivity index (χ0v) is 9.24. The smallest absolute Gasteiger partial charge is 0.0640 e. The van der Waals surface area contributed by atoms with Crippen molar-refractivity contribution in [2.24, 2.45) is 0 Å². The largest absolute Gasteiger partial charge is 0.394 e. The van der Waals surface area contributed by atoms with Gasteiger partial charge in [-0.2, -0.15) is 5.10 Å². The zero-order chi connectivity index (χ0) is 10.7. The Kier molecular flexibility index (Phi) is 3.07. The van der Waals surface area contributed by atoms with Gasteiger partial charge in [0.1, 0.15) is 0 Å². The number of aliphatic hydroxyl groups excluding tert-OH is 1. The molecule has 0 atom stereocenters. The minimum absolute atomic E-state index is 0.145. The lowest BCUT2D eigenvalue weighted by molar-refractivity contribution is 0.207. The van der Waals surface area contributed by atoms with E-state index in [0.29, 0.717) is 12.1 Å². The Bertz CT molecular complexity index is 317. The second-order valence-electron chi connectivity index (χ2n) is 4.60. The van der Waals surface area contributed by atoms with Crippen molar-refractivity contribution in [3.8, 4) is 0 Å². The molecule has 1 aromatic rings. The van der Waals surface area contributed by atoms with Crippen LogP contribution in [0.25, 0.3) is 0 Å². The van der Waals surface area contributed by atoms with Crippen LogP contribution in [0, 0.1) is 0 Å². The first-order valence-corrected chi connectivity index (χ1v) is 5.59. The lowest BCUT2D eigenvalue weighted by atomic mass is 9.78. The highest BCUT2D eigenvalue weighted by atomic mass is 16.3. The van der Waals surface area contributed by atoms with Crippen LogP contribution < -0.4 is 5.32 Å². The molecule has 0 unspecified atom stereocenters.